The Hall–Kier alpha value is -2.21. The number of nitrogens with zero attached hydrogens (tertiary/aromatic N) is 3. The highest BCUT2D eigenvalue weighted by molar-refractivity contribution is 6.00. The highest BCUT2D eigenvalue weighted by Gasteiger charge is 2.54. The molecule has 1 spiro atoms. The van der Waals surface area contributed by atoms with Crippen molar-refractivity contribution in [3.63, 3.8) is 0 Å². The summed E-state index contributed by atoms with van der Waals surface area (Å²) in [6.07, 6.45) is 12.7. The third-order valence-corrected chi connectivity index (χ3v) is 8.23. The van der Waals surface area contributed by atoms with Crippen LogP contribution in [0.15, 0.2) is 24.0 Å². The molecule has 2 saturated heterocycles. The van der Waals surface area contributed by atoms with Crippen molar-refractivity contribution in [3.05, 3.63) is 35.2 Å². The van der Waals surface area contributed by atoms with Gasteiger partial charge < -0.3 is 15.1 Å². The number of carbonyl (C=O) groups is 2. The van der Waals surface area contributed by atoms with Gasteiger partial charge in [0.25, 0.3) is 0 Å². The summed E-state index contributed by atoms with van der Waals surface area (Å²) >= 11 is 0. The molecule has 2 aliphatic carbocycles. The highest BCUT2D eigenvalue weighted by Crippen LogP contribution is 2.59. The predicted octanol–water partition coefficient (Wildman–Crippen LogP) is 2.50. The fourth-order valence-corrected chi connectivity index (χ4v) is 5.82. The second-order valence-electron chi connectivity index (χ2n) is 10.2. The third kappa shape index (κ3) is 4.40. The summed E-state index contributed by atoms with van der Waals surface area (Å²) in [5.41, 5.74) is 3.44. The lowest BCUT2D eigenvalue weighted by atomic mass is 9.89. The van der Waals surface area contributed by atoms with E-state index in [2.05, 4.69) is 27.1 Å². The largest absolute Gasteiger partial charge is 0.352 e. The SMILES string of the molecule is CN1CCC(CC(=O)N2CCC3(CC2)CC3CNC(=O)C2=Cc3cnccc3C2)CC1. The van der Waals surface area contributed by atoms with Gasteiger partial charge in [-0.3, -0.25) is 14.6 Å². The van der Waals surface area contributed by atoms with Gasteiger partial charge in [0.05, 0.1) is 0 Å². The van der Waals surface area contributed by atoms with Crippen LogP contribution in [0.4, 0.5) is 0 Å². The molecule has 0 bridgehead atoms. The van der Waals surface area contributed by atoms with Crippen LogP contribution in [0.3, 0.4) is 0 Å². The van der Waals surface area contributed by atoms with E-state index in [4.69, 9.17) is 0 Å². The van der Waals surface area contributed by atoms with E-state index in [1.54, 1.807) is 6.20 Å². The standard InChI is InChI=1S/C25H34N4O2/c1-28-8-3-18(4-9-28)12-23(30)29-10-5-25(6-11-29)15-22(25)17-27-24(31)20-13-19-2-7-26-16-21(19)14-20/h2,7,14,16,18,22H,3-6,8-13,15,17H2,1H3,(H,27,31). The molecule has 3 heterocycles. The van der Waals surface area contributed by atoms with E-state index in [-0.39, 0.29) is 5.91 Å². The first-order chi connectivity index (χ1) is 15.0. The van der Waals surface area contributed by atoms with Crippen molar-refractivity contribution < 1.29 is 9.59 Å². The number of hydrogen-bond donors (Lipinski definition) is 1. The number of fused-ring (bicyclic) bond motifs is 1. The van der Waals surface area contributed by atoms with E-state index in [1.165, 1.54) is 12.0 Å². The molecular formula is C25H34N4O2. The first-order valence-electron chi connectivity index (χ1n) is 11.9. The van der Waals surface area contributed by atoms with Crippen LogP contribution in [0.1, 0.15) is 49.7 Å². The number of carbonyl (C=O) groups excluding carboxylic acids is 2. The quantitative estimate of drug-likeness (QED) is 0.792. The lowest BCUT2D eigenvalue weighted by molar-refractivity contribution is -0.134. The Bertz CT molecular complexity index is 879. The van der Waals surface area contributed by atoms with E-state index in [1.807, 2.05) is 18.3 Å². The van der Waals surface area contributed by atoms with Crippen LogP contribution in [0.5, 0.6) is 0 Å². The second-order valence-corrected chi connectivity index (χ2v) is 10.2. The van der Waals surface area contributed by atoms with E-state index in [0.717, 1.165) is 76.0 Å². The summed E-state index contributed by atoms with van der Waals surface area (Å²) in [7, 11) is 2.16. The Balaban J connectivity index is 1.04. The smallest absolute Gasteiger partial charge is 0.247 e. The average molecular weight is 423 g/mol. The molecule has 6 heteroatoms. The molecular weight excluding hydrogens is 388 g/mol. The number of likely N-dealkylation sites (tertiary alicyclic amines) is 2. The number of rotatable bonds is 5. The summed E-state index contributed by atoms with van der Waals surface area (Å²) in [5.74, 6) is 1.55. The van der Waals surface area contributed by atoms with E-state index < -0.39 is 0 Å². The van der Waals surface area contributed by atoms with Gasteiger partial charge in [0, 0.05) is 50.4 Å². The molecule has 5 rings (SSSR count). The third-order valence-electron chi connectivity index (χ3n) is 8.23. The number of piperidine rings is 2. The van der Waals surface area contributed by atoms with Crippen LogP contribution in [0, 0.1) is 17.3 Å². The first-order valence-corrected chi connectivity index (χ1v) is 11.9. The zero-order valence-electron chi connectivity index (χ0n) is 18.6. The minimum Gasteiger partial charge on any atom is -0.352 e. The highest BCUT2D eigenvalue weighted by atomic mass is 16.2. The van der Waals surface area contributed by atoms with Crippen LogP contribution in [0.2, 0.25) is 0 Å². The molecule has 31 heavy (non-hydrogen) atoms. The van der Waals surface area contributed by atoms with Gasteiger partial charge in [-0.1, -0.05) is 0 Å². The van der Waals surface area contributed by atoms with Crippen LogP contribution in [0.25, 0.3) is 6.08 Å². The lowest BCUT2D eigenvalue weighted by Gasteiger charge is -2.35. The molecule has 2 aliphatic heterocycles. The van der Waals surface area contributed by atoms with Crippen molar-refractivity contribution in [2.24, 2.45) is 17.3 Å². The van der Waals surface area contributed by atoms with Crippen LogP contribution < -0.4 is 5.32 Å². The molecule has 3 fully saturated rings. The van der Waals surface area contributed by atoms with Crippen LogP contribution in [-0.4, -0.2) is 66.4 Å². The summed E-state index contributed by atoms with van der Waals surface area (Å²) in [5, 5.41) is 3.17. The molecule has 1 aromatic heterocycles. The van der Waals surface area contributed by atoms with Crippen molar-refractivity contribution >= 4 is 17.9 Å². The Labute approximate surface area is 185 Å². The second kappa shape index (κ2) is 8.38. The van der Waals surface area contributed by atoms with Gasteiger partial charge in [-0.2, -0.15) is 0 Å². The zero-order valence-corrected chi connectivity index (χ0v) is 18.6. The summed E-state index contributed by atoms with van der Waals surface area (Å²) in [4.78, 5) is 34.0. The van der Waals surface area contributed by atoms with Gasteiger partial charge in [-0.05, 0) is 92.8 Å². The van der Waals surface area contributed by atoms with Gasteiger partial charge in [0.1, 0.15) is 0 Å². The van der Waals surface area contributed by atoms with Crippen LogP contribution in [-0.2, 0) is 16.0 Å². The van der Waals surface area contributed by atoms with E-state index >= 15 is 0 Å². The van der Waals surface area contributed by atoms with Crippen molar-refractivity contribution in [1.82, 2.24) is 20.1 Å². The molecule has 2 amide bonds. The fourth-order valence-electron chi connectivity index (χ4n) is 5.82. The van der Waals surface area contributed by atoms with Gasteiger partial charge >= 0.3 is 0 Å². The van der Waals surface area contributed by atoms with Crippen molar-refractivity contribution in [1.29, 1.82) is 0 Å². The monoisotopic (exact) mass is 422 g/mol. The van der Waals surface area contributed by atoms with Crippen molar-refractivity contribution in [3.8, 4) is 0 Å². The van der Waals surface area contributed by atoms with Crippen LogP contribution >= 0.6 is 0 Å². The van der Waals surface area contributed by atoms with E-state index in [9.17, 15) is 9.59 Å². The minimum atomic E-state index is 0.0593. The molecule has 166 valence electrons. The molecule has 1 atom stereocenters. The minimum absolute atomic E-state index is 0.0593. The number of pyridine rings is 1. The molecule has 4 aliphatic rings. The van der Waals surface area contributed by atoms with E-state index in [0.29, 0.717) is 29.6 Å². The Morgan fingerprint density at radius 1 is 1.19 bits per heavy atom. The molecule has 1 N–H and O–H groups in total. The first kappa shape index (κ1) is 20.7. The summed E-state index contributed by atoms with van der Waals surface area (Å²) in [6.45, 7) is 4.78. The Morgan fingerprint density at radius 3 is 2.71 bits per heavy atom. The number of amides is 2. The Kier molecular flexibility index (Phi) is 5.59. The maximum atomic E-state index is 12.8. The maximum absolute atomic E-state index is 12.8. The Morgan fingerprint density at radius 2 is 1.97 bits per heavy atom. The average Bonchev–Trinajstić information content (AvgIpc) is 3.25. The topological polar surface area (TPSA) is 65.5 Å². The van der Waals surface area contributed by atoms with Gasteiger partial charge in [0.2, 0.25) is 11.8 Å². The summed E-state index contributed by atoms with van der Waals surface area (Å²) in [6, 6.07) is 1.99. The number of nitrogens with one attached hydrogen (secondary N) is 1. The maximum Gasteiger partial charge on any atom is 0.247 e. The van der Waals surface area contributed by atoms with Crippen molar-refractivity contribution in [2.45, 2.75) is 44.9 Å². The molecule has 1 aromatic rings. The molecule has 6 nitrogen and oxygen atoms in total. The molecule has 1 unspecified atom stereocenters. The molecule has 0 aromatic carbocycles. The van der Waals surface area contributed by atoms with Gasteiger partial charge in [0.15, 0.2) is 0 Å². The lowest BCUT2D eigenvalue weighted by Crippen LogP contribution is -2.41. The summed E-state index contributed by atoms with van der Waals surface area (Å²) < 4.78 is 0. The van der Waals surface area contributed by atoms with Gasteiger partial charge in [-0.25, -0.2) is 0 Å². The fraction of sp³-hybridized carbons (Fsp3) is 0.640. The van der Waals surface area contributed by atoms with Crippen molar-refractivity contribution in [2.75, 3.05) is 39.8 Å². The zero-order chi connectivity index (χ0) is 21.4. The predicted molar refractivity (Wildman–Crippen MR) is 120 cm³/mol. The van der Waals surface area contributed by atoms with Gasteiger partial charge in [-0.15, -0.1) is 0 Å². The normalized spacial score (nSPS) is 25.3. The molecule has 1 saturated carbocycles. The number of hydrogen-bond acceptors (Lipinski definition) is 4. The molecule has 0 radical (unpaired) electrons. The number of aromatic nitrogens is 1.